The number of nitrogens with one attached hydrogen (secondary N) is 1. The summed E-state index contributed by atoms with van der Waals surface area (Å²) in [7, 11) is 2.03. The Morgan fingerprint density at radius 1 is 1.38 bits per heavy atom. The van der Waals surface area contributed by atoms with E-state index in [1.165, 1.54) is 12.8 Å². The highest BCUT2D eigenvalue weighted by molar-refractivity contribution is 6.31. The maximum Gasteiger partial charge on any atom is 0.128 e. The van der Waals surface area contributed by atoms with Crippen LogP contribution in [0.4, 0.5) is 5.82 Å². The van der Waals surface area contributed by atoms with Gasteiger partial charge in [-0.1, -0.05) is 17.7 Å². The number of hydrogen-bond acceptors (Lipinski definition) is 4. The number of rotatable bonds is 6. The van der Waals surface area contributed by atoms with Crippen LogP contribution in [0.15, 0.2) is 36.8 Å². The lowest BCUT2D eigenvalue weighted by Gasteiger charge is -2.19. The van der Waals surface area contributed by atoms with Crippen molar-refractivity contribution in [3.8, 4) is 0 Å². The van der Waals surface area contributed by atoms with Gasteiger partial charge in [-0.2, -0.15) is 0 Å². The van der Waals surface area contributed by atoms with Gasteiger partial charge in [0.25, 0.3) is 0 Å². The van der Waals surface area contributed by atoms with Crippen molar-refractivity contribution in [2.24, 2.45) is 0 Å². The van der Waals surface area contributed by atoms with E-state index < -0.39 is 0 Å². The molecule has 1 aliphatic carbocycles. The summed E-state index contributed by atoms with van der Waals surface area (Å²) in [6.07, 6.45) is 7.95. The zero-order chi connectivity index (χ0) is 14.7. The summed E-state index contributed by atoms with van der Waals surface area (Å²) in [6, 6.07) is 6.75. The third-order valence-electron chi connectivity index (χ3n) is 3.61. The van der Waals surface area contributed by atoms with Crippen LogP contribution in [0, 0.1) is 0 Å². The molecule has 1 fully saturated rings. The van der Waals surface area contributed by atoms with Crippen molar-refractivity contribution in [2.45, 2.75) is 32.0 Å². The Hall–Kier alpha value is -1.65. The van der Waals surface area contributed by atoms with Crippen LogP contribution in [0.25, 0.3) is 0 Å². The number of anilines is 1. The van der Waals surface area contributed by atoms with Gasteiger partial charge in [-0.25, -0.2) is 4.98 Å². The lowest BCUT2D eigenvalue weighted by molar-refractivity contribution is 0.687. The molecule has 21 heavy (non-hydrogen) atoms. The van der Waals surface area contributed by atoms with Crippen LogP contribution in [0.2, 0.25) is 5.02 Å². The lowest BCUT2D eigenvalue weighted by Crippen LogP contribution is -2.19. The predicted octanol–water partition coefficient (Wildman–Crippen LogP) is 3.02. The average molecular weight is 303 g/mol. The number of pyridine rings is 2. The minimum Gasteiger partial charge on any atom is -0.355 e. The van der Waals surface area contributed by atoms with Crippen LogP contribution < -0.4 is 10.2 Å². The van der Waals surface area contributed by atoms with E-state index in [9.17, 15) is 0 Å². The second-order valence-corrected chi connectivity index (χ2v) is 5.91. The van der Waals surface area contributed by atoms with Crippen molar-refractivity contribution in [3.05, 3.63) is 52.9 Å². The van der Waals surface area contributed by atoms with Gasteiger partial charge in [0, 0.05) is 44.8 Å². The van der Waals surface area contributed by atoms with Gasteiger partial charge < -0.3 is 10.2 Å². The zero-order valence-corrected chi connectivity index (χ0v) is 12.8. The third-order valence-corrected chi connectivity index (χ3v) is 3.95. The summed E-state index contributed by atoms with van der Waals surface area (Å²) >= 11 is 6.23. The molecule has 2 aromatic rings. The maximum atomic E-state index is 6.23. The predicted molar refractivity (Wildman–Crippen MR) is 85.5 cm³/mol. The van der Waals surface area contributed by atoms with E-state index in [2.05, 4.69) is 32.3 Å². The summed E-state index contributed by atoms with van der Waals surface area (Å²) in [5.41, 5.74) is 2.26. The monoisotopic (exact) mass is 302 g/mol. The van der Waals surface area contributed by atoms with Crippen molar-refractivity contribution in [1.82, 2.24) is 15.3 Å². The largest absolute Gasteiger partial charge is 0.355 e. The molecule has 0 bridgehead atoms. The SMILES string of the molecule is CN(Cc1cccnc1)c1cc(CNC2CC2)c(Cl)cn1. The minimum absolute atomic E-state index is 0.672. The van der Waals surface area contributed by atoms with E-state index in [4.69, 9.17) is 11.6 Å². The van der Waals surface area contributed by atoms with Gasteiger partial charge >= 0.3 is 0 Å². The number of nitrogens with zero attached hydrogens (tertiary/aromatic N) is 3. The molecular formula is C16H19ClN4. The molecule has 1 aliphatic rings. The molecule has 0 saturated heterocycles. The molecule has 0 radical (unpaired) electrons. The fraction of sp³-hybridized carbons (Fsp3) is 0.375. The van der Waals surface area contributed by atoms with Gasteiger partial charge in [0.15, 0.2) is 0 Å². The Morgan fingerprint density at radius 3 is 2.95 bits per heavy atom. The molecule has 110 valence electrons. The third kappa shape index (κ3) is 3.93. The van der Waals surface area contributed by atoms with Crippen LogP contribution in [-0.4, -0.2) is 23.1 Å². The molecule has 0 unspecified atom stereocenters. The highest BCUT2D eigenvalue weighted by atomic mass is 35.5. The normalized spacial score (nSPS) is 14.2. The Balaban J connectivity index is 1.69. The number of aromatic nitrogens is 2. The Labute approximate surface area is 130 Å². The standard InChI is InChI=1S/C16H19ClN4/c1-21(11-12-3-2-6-18-8-12)16-7-13(15(17)10-20-16)9-19-14-4-5-14/h2-3,6-8,10,14,19H,4-5,9,11H2,1H3. The van der Waals surface area contributed by atoms with E-state index in [-0.39, 0.29) is 0 Å². The summed E-state index contributed by atoms with van der Waals surface area (Å²) in [4.78, 5) is 10.7. The highest BCUT2D eigenvalue weighted by Gasteiger charge is 2.20. The molecule has 2 aromatic heterocycles. The Morgan fingerprint density at radius 2 is 2.24 bits per heavy atom. The molecule has 2 heterocycles. The second kappa shape index (κ2) is 6.41. The molecule has 3 rings (SSSR count). The maximum absolute atomic E-state index is 6.23. The van der Waals surface area contributed by atoms with Gasteiger partial charge in [-0.15, -0.1) is 0 Å². The fourth-order valence-corrected chi connectivity index (χ4v) is 2.37. The van der Waals surface area contributed by atoms with Crippen LogP contribution in [0.3, 0.4) is 0 Å². The van der Waals surface area contributed by atoms with Crippen molar-refractivity contribution in [2.75, 3.05) is 11.9 Å². The molecule has 4 nitrogen and oxygen atoms in total. The van der Waals surface area contributed by atoms with Crippen LogP contribution in [0.5, 0.6) is 0 Å². The van der Waals surface area contributed by atoms with E-state index in [1.54, 1.807) is 12.4 Å². The van der Waals surface area contributed by atoms with Gasteiger partial charge in [0.2, 0.25) is 0 Å². The number of hydrogen-bond donors (Lipinski definition) is 1. The molecule has 5 heteroatoms. The minimum atomic E-state index is 0.672. The Bertz CT molecular complexity index is 598. The molecule has 0 atom stereocenters. The molecule has 0 aliphatic heterocycles. The van der Waals surface area contributed by atoms with Crippen LogP contribution >= 0.6 is 11.6 Å². The second-order valence-electron chi connectivity index (χ2n) is 5.51. The van der Waals surface area contributed by atoms with E-state index >= 15 is 0 Å². The zero-order valence-electron chi connectivity index (χ0n) is 12.1. The van der Waals surface area contributed by atoms with Crippen molar-refractivity contribution in [1.29, 1.82) is 0 Å². The van der Waals surface area contributed by atoms with Gasteiger partial charge in [0.1, 0.15) is 5.82 Å². The molecule has 1 saturated carbocycles. The lowest BCUT2D eigenvalue weighted by atomic mass is 10.2. The smallest absolute Gasteiger partial charge is 0.128 e. The molecule has 0 amide bonds. The van der Waals surface area contributed by atoms with Gasteiger partial charge in [-0.05, 0) is 36.1 Å². The van der Waals surface area contributed by atoms with E-state index in [0.717, 1.165) is 35.1 Å². The van der Waals surface area contributed by atoms with Crippen molar-refractivity contribution < 1.29 is 0 Å². The highest BCUT2D eigenvalue weighted by Crippen LogP contribution is 2.23. The van der Waals surface area contributed by atoms with Gasteiger partial charge in [-0.3, -0.25) is 4.98 Å². The quantitative estimate of drug-likeness (QED) is 0.890. The summed E-state index contributed by atoms with van der Waals surface area (Å²) in [5, 5.41) is 4.21. The summed E-state index contributed by atoms with van der Waals surface area (Å²) in [5.74, 6) is 0.927. The van der Waals surface area contributed by atoms with Gasteiger partial charge in [0.05, 0.1) is 5.02 Å². The molecular weight excluding hydrogens is 284 g/mol. The first-order valence-electron chi connectivity index (χ1n) is 7.20. The van der Waals surface area contributed by atoms with Crippen molar-refractivity contribution >= 4 is 17.4 Å². The number of halogens is 1. The van der Waals surface area contributed by atoms with Crippen LogP contribution in [-0.2, 0) is 13.1 Å². The molecule has 1 N–H and O–H groups in total. The molecule has 0 aromatic carbocycles. The first kappa shape index (κ1) is 14.3. The van der Waals surface area contributed by atoms with Crippen molar-refractivity contribution in [3.63, 3.8) is 0 Å². The molecule has 0 spiro atoms. The van der Waals surface area contributed by atoms with E-state index in [1.807, 2.05) is 19.3 Å². The average Bonchev–Trinajstić information content (AvgIpc) is 3.31. The summed E-state index contributed by atoms with van der Waals surface area (Å²) in [6.45, 7) is 1.58. The Kier molecular flexibility index (Phi) is 4.36. The topological polar surface area (TPSA) is 41.1 Å². The summed E-state index contributed by atoms with van der Waals surface area (Å²) < 4.78 is 0. The first-order chi connectivity index (χ1) is 10.2. The fourth-order valence-electron chi connectivity index (χ4n) is 2.20. The first-order valence-corrected chi connectivity index (χ1v) is 7.58. The van der Waals surface area contributed by atoms with Crippen LogP contribution in [0.1, 0.15) is 24.0 Å². The van der Waals surface area contributed by atoms with E-state index in [0.29, 0.717) is 6.04 Å².